The number of amides is 1. The molecule has 0 saturated carbocycles. The second-order valence-electron chi connectivity index (χ2n) is 5.67. The van der Waals surface area contributed by atoms with Gasteiger partial charge in [-0.1, -0.05) is 53.7 Å². The van der Waals surface area contributed by atoms with Crippen LogP contribution in [0.25, 0.3) is 0 Å². The first kappa shape index (κ1) is 17.9. The summed E-state index contributed by atoms with van der Waals surface area (Å²) in [5, 5.41) is 15.3. The molecule has 1 aromatic carbocycles. The molecule has 1 heterocycles. The molecular weight excluding hydrogens is 378 g/mol. The molecule has 0 spiro atoms. The van der Waals surface area contributed by atoms with Crippen LogP contribution in [0.5, 0.6) is 0 Å². The number of nitrogens with zero attached hydrogens (tertiary/aromatic N) is 4. The predicted molar refractivity (Wildman–Crippen MR) is 94.1 cm³/mol. The van der Waals surface area contributed by atoms with Gasteiger partial charge in [0, 0.05) is 11.0 Å². The highest BCUT2D eigenvalue weighted by molar-refractivity contribution is 9.10. The van der Waals surface area contributed by atoms with Gasteiger partial charge in [-0.15, -0.1) is 5.10 Å². The van der Waals surface area contributed by atoms with Crippen LogP contribution in [0.4, 0.5) is 0 Å². The molecule has 1 N–H and O–H groups in total. The summed E-state index contributed by atoms with van der Waals surface area (Å²) in [6.45, 7) is 6.91. The summed E-state index contributed by atoms with van der Waals surface area (Å²) in [4.78, 5) is 12.1. The highest BCUT2D eigenvalue weighted by Crippen LogP contribution is 2.18. The summed E-state index contributed by atoms with van der Waals surface area (Å²) in [6, 6.07) is 7.87. The molecule has 0 aliphatic heterocycles. The summed E-state index contributed by atoms with van der Waals surface area (Å²) < 4.78 is 2.76. The SMILES string of the molecule is CC(C)Cn1nnnc1SCC(=O)NC(C)c1ccc(Br)cc1. The van der Waals surface area contributed by atoms with Crippen molar-refractivity contribution in [3.05, 3.63) is 34.3 Å². The average Bonchev–Trinajstić information content (AvgIpc) is 2.92. The normalized spacial score (nSPS) is 12.4. The van der Waals surface area contributed by atoms with E-state index in [2.05, 4.69) is 50.6 Å². The van der Waals surface area contributed by atoms with Crippen LogP contribution in [-0.2, 0) is 11.3 Å². The van der Waals surface area contributed by atoms with E-state index in [-0.39, 0.29) is 11.9 Å². The molecule has 2 aromatic rings. The van der Waals surface area contributed by atoms with E-state index in [1.54, 1.807) is 4.68 Å². The number of aromatic nitrogens is 4. The lowest BCUT2D eigenvalue weighted by Gasteiger charge is -2.14. The summed E-state index contributed by atoms with van der Waals surface area (Å²) in [5.74, 6) is 0.702. The van der Waals surface area contributed by atoms with Crippen LogP contribution in [-0.4, -0.2) is 31.9 Å². The largest absolute Gasteiger partial charge is 0.349 e. The Morgan fingerprint density at radius 1 is 1.30 bits per heavy atom. The van der Waals surface area contributed by atoms with E-state index >= 15 is 0 Å². The summed E-state index contributed by atoms with van der Waals surface area (Å²) >= 11 is 4.75. The molecule has 1 unspecified atom stereocenters. The third-order valence-corrected chi connectivity index (χ3v) is 4.60. The fourth-order valence-corrected chi connectivity index (χ4v) is 2.97. The molecule has 0 aliphatic rings. The van der Waals surface area contributed by atoms with E-state index in [9.17, 15) is 4.79 Å². The van der Waals surface area contributed by atoms with Crippen molar-refractivity contribution in [3.8, 4) is 0 Å². The zero-order valence-electron chi connectivity index (χ0n) is 13.4. The molecule has 2 rings (SSSR count). The van der Waals surface area contributed by atoms with Crippen molar-refractivity contribution in [1.82, 2.24) is 25.5 Å². The van der Waals surface area contributed by atoms with Crippen molar-refractivity contribution in [3.63, 3.8) is 0 Å². The monoisotopic (exact) mass is 397 g/mol. The Hall–Kier alpha value is -1.41. The minimum absolute atomic E-state index is 0.0375. The number of hydrogen-bond acceptors (Lipinski definition) is 5. The van der Waals surface area contributed by atoms with Gasteiger partial charge in [0.1, 0.15) is 0 Å². The first-order valence-corrected chi connectivity index (χ1v) is 9.17. The molecule has 0 saturated heterocycles. The second kappa shape index (κ2) is 8.44. The van der Waals surface area contributed by atoms with Crippen LogP contribution < -0.4 is 5.32 Å². The highest BCUT2D eigenvalue weighted by atomic mass is 79.9. The van der Waals surface area contributed by atoms with Crippen molar-refractivity contribution >= 4 is 33.6 Å². The van der Waals surface area contributed by atoms with Crippen LogP contribution in [0.15, 0.2) is 33.9 Å². The van der Waals surface area contributed by atoms with Gasteiger partial charge in [-0.2, -0.15) is 0 Å². The van der Waals surface area contributed by atoms with E-state index in [1.807, 2.05) is 31.2 Å². The van der Waals surface area contributed by atoms with Crippen LogP contribution >= 0.6 is 27.7 Å². The Morgan fingerprint density at radius 3 is 2.65 bits per heavy atom. The van der Waals surface area contributed by atoms with Crippen molar-refractivity contribution < 1.29 is 4.79 Å². The fraction of sp³-hybridized carbons (Fsp3) is 0.467. The zero-order valence-corrected chi connectivity index (χ0v) is 15.8. The van der Waals surface area contributed by atoms with Crippen molar-refractivity contribution in [2.45, 2.75) is 38.5 Å². The highest BCUT2D eigenvalue weighted by Gasteiger charge is 2.13. The fourth-order valence-electron chi connectivity index (χ4n) is 2.01. The van der Waals surface area contributed by atoms with Crippen molar-refractivity contribution in [2.75, 3.05) is 5.75 Å². The summed E-state index contributed by atoms with van der Waals surface area (Å²) in [5.41, 5.74) is 1.07. The van der Waals surface area contributed by atoms with Gasteiger partial charge in [-0.3, -0.25) is 4.79 Å². The number of benzene rings is 1. The van der Waals surface area contributed by atoms with Crippen LogP contribution in [0, 0.1) is 5.92 Å². The Morgan fingerprint density at radius 2 is 2.00 bits per heavy atom. The van der Waals surface area contributed by atoms with Crippen LogP contribution in [0.3, 0.4) is 0 Å². The van der Waals surface area contributed by atoms with Gasteiger partial charge in [0.05, 0.1) is 11.8 Å². The van der Waals surface area contributed by atoms with E-state index in [1.165, 1.54) is 11.8 Å². The molecule has 0 bridgehead atoms. The molecule has 1 amide bonds. The van der Waals surface area contributed by atoms with Gasteiger partial charge in [-0.05, 0) is 41.0 Å². The number of rotatable bonds is 7. The summed E-state index contributed by atoms with van der Waals surface area (Å²) in [7, 11) is 0. The third-order valence-electron chi connectivity index (χ3n) is 3.12. The number of halogens is 1. The Bertz CT molecular complexity index is 644. The molecule has 6 nitrogen and oxygen atoms in total. The Kier molecular flexibility index (Phi) is 6.59. The van der Waals surface area contributed by atoms with E-state index in [4.69, 9.17) is 0 Å². The van der Waals surface area contributed by atoms with Crippen LogP contribution in [0.2, 0.25) is 0 Å². The van der Waals surface area contributed by atoms with E-state index in [0.717, 1.165) is 16.6 Å². The molecule has 124 valence electrons. The quantitative estimate of drug-likeness (QED) is 0.726. The minimum atomic E-state index is -0.0390. The molecule has 0 radical (unpaired) electrons. The molecular formula is C15H20BrN5OS. The zero-order chi connectivity index (χ0) is 16.8. The number of tetrazole rings is 1. The molecule has 0 fully saturated rings. The summed E-state index contributed by atoms with van der Waals surface area (Å²) in [6.07, 6.45) is 0. The number of hydrogen-bond donors (Lipinski definition) is 1. The predicted octanol–water partition coefficient (Wildman–Crippen LogP) is 3.06. The maximum atomic E-state index is 12.1. The van der Waals surface area contributed by atoms with Gasteiger partial charge in [0.2, 0.25) is 11.1 Å². The molecule has 1 aromatic heterocycles. The van der Waals surface area contributed by atoms with Crippen molar-refractivity contribution in [2.24, 2.45) is 5.92 Å². The maximum Gasteiger partial charge on any atom is 0.230 e. The topological polar surface area (TPSA) is 72.7 Å². The first-order valence-electron chi connectivity index (χ1n) is 7.39. The number of carbonyl (C=O) groups is 1. The van der Waals surface area contributed by atoms with E-state index in [0.29, 0.717) is 16.8 Å². The van der Waals surface area contributed by atoms with Gasteiger partial charge < -0.3 is 5.32 Å². The first-order chi connectivity index (χ1) is 11.0. The standard InChI is InChI=1S/C15H20BrN5OS/c1-10(2)8-21-15(18-19-20-21)23-9-14(22)17-11(3)12-4-6-13(16)7-5-12/h4-7,10-11H,8-9H2,1-3H3,(H,17,22). The lowest BCUT2D eigenvalue weighted by molar-refractivity contribution is -0.119. The van der Waals surface area contributed by atoms with E-state index < -0.39 is 0 Å². The third kappa shape index (κ3) is 5.62. The average molecular weight is 398 g/mol. The molecule has 23 heavy (non-hydrogen) atoms. The van der Waals surface area contributed by atoms with Crippen molar-refractivity contribution in [1.29, 1.82) is 0 Å². The number of carbonyl (C=O) groups excluding carboxylic acids is 1. The van der Waals surface area contributed by atoms with Gasteiger partial charge in [0.15, 0.2) is 0 Å². The van der Waals surface area contributed by atoms with Gasteiger partial charge in [0.25, 0.3) is 0 Å². The molecule has 8 heteroatoms. The molecule has 1 atom stereocenters. The second-order valence-corrected chi connectivity index (χ2v) is 7.53. The van der Waals surface area contributed by atoms with Gasteiger partial charge in [-0.25, -0.2) is 4.68 Å². The number of nitrogens with one attached hydrogen (secondary N) is 1. The lowest BCUT2D eigenvalue weighted by Crippen LogP contribution is -2.28. The Labute approximate surface area is 148 Å². The molecule has 0 aliphatic carbocycles. The van der Waals surface area contributed by atoms with Gasteiger partial charge >= 0.3 is 0 Å². The maximum absolute atomic E-state index is 12.1. The minimum Gasteiger partial charge on any atom is -0.349 e. The number of thioether (sulfide) groups is 1. The Balaban J connectivity index is 1.85. The smallest absolute Gasteiger partial charge is 0.230 e. The van der Waals surface area contributed by atoms with Crippen LogP contribution in [0.1, 0.15) is 32.4 Å². The lowest BCUT2D eigenvalue weighted by atomic mass is 10.1.